The molecule has 1 aliphatic heterocycles. The highest BCUT2D eigenvalue weighted by molar-refractivity contribution is 6.33. The lowest BCUT2D eigenvalue weighted by Gasteiger charge is -2.42. The minimum Gasteiger partial charge on any atom is -0.484 e. The van der Waals surface area contributed by atoms with Crippen molar-refractivity contribution >= 4 is 34.8 Å². The van der Waals surface area contributed by atoms with Gasteiger partial charge in [0.25, 0.3) is 5.91 Å². The molecule has 1 N–H and O–H groups in total. The molecule has 3 aliphatic rings. The van der Waals surface area contributed by atoms with E-state index in [1.165, 1.54) is 0 Å². The molecule has 0 unspecified atom stereocenters. The molecule has 180 valence electrons. The first kappa shape index (κ1) is 23.4. The highest BCUT2D eigenvalue weighted by atomic mass is 35.5. The number of anilines is 1. The fraction of sp³-hybridized carbons (Fsp3) is 0.321. The lowest BCUT2D eigenvalue weighted by molar-refractivity contribution is -0.118. The molecule has 0 radical (unpaired) electrons. The molecule has 5 rings (SSSR count). The second-order valence-electron chi connectivity index (χ2n) is 9.15. The van der Waals surface area contributed by atoms with Gasteiger partial charge >= 0.3 is 0 Å². The third-order valence-electron chi connectivity index (χ3n) is 6.98. The zero-order valence-electron chi connectivity index (χ0n) is 19.6. The number of allylic oxidation sites excluding steroid dienone is 4. The summed E-state index contributed by atoms with van der Waals surface area (Å²) in [6, 6.07) is 14.4. The van der Waals surface area contributed by atoms with E-state index in [4.69, 9.17) is 16.3 Å². The van der Waals surface area contributed by atoms with Crippen LogP contribution in [0.5, 0.6) is 5.75 Å². The van der Waals surface area contributed by atoms with Gasteiger partial charge < -0.3 is 15.0 Å². The van der Waals surface area contributed by atoms with Gasteiger partial charge in [0, 0.05) is 48.3 Å². The fourth-order valence-corrected chi connectivity index (χ4v) is 5.52. The Labute approximate surface area is 209 Å². The molecule has 1 amide bonds. The van der Waals surface area contributed by atoms with E-state index in [1.54, 1.807) is 36.4 Å². The van der Waals surface area contributed by atoms with Gasteiger partial charge in [-0.2, -0.15) is 0 Å². The maximum atomic E-state index is 13.1. The molecule has 0 saturated carbocycles. The monoisotopic (exact) mass is 490 g/mol. The molecule has 2 aromatic carbocycles. The molecular formula is C28H27ClN2O4. The minimum absolute atomic E-state index is 0.129. The number of nitrogens with one attached hydrogen (secondary N) is 1. The number of halogens is 1. The van der Waals surface area contributed by atoms with E-state index in [2.05, 4.69) is 10.2 Å². The van der Waals surface area contributed by atoms with Crippen molar-refractivity contribution in [3.8, 4) is 5.75 Å². The first-order valence-electron chi connectivity index (χ1n) is 12.0. The van der Waals surface area contributed by atoms with Crippen molar-refractivity contribution in [3.63, 3.8) is 0 Å². The third kappa shape index (κ3) is 4.50. The minimum atomic E-state index is -0.339. The number of hydrogen-bond donors (Lipinski definition) is 1. The van der Waals surface area contributed by atoms with Gasteiger partial charge in [-0.25, -0.2) is 0 Å². The summed E-state index contributed by atoms with van der Waals surface area (Å²) in [6.45, 7) is -0.166. The maximum absolute atomic E-state index is 13.1. The summed E-state index contributed by atoms with van der Waals surface area (Å²) >= 11 is 6.09. The number of ketones is 2. The second-order valence-corrected chi connectivity index (χ2v) is 9.56. The standard InChI is InChI=1S/C28H27ClN2O4/c1-31-21-8-4-10-23(32)27(21)26(28-22(31)9-5-11-24(28)33)17-12-14-18(15-13-17)35-16-25(34)30-20-7-3-2-6-19(20)29/h2-3,6-7,12-15,26H,4-5,8-11,16H2,1H3,(H,30,34). The summed E-state index contributed by atoms with van der Waals surface area (Å²) < 4.78 is 5.67. The van der Waals surface area contributed by atoms with Crippen LogP contribution in [-0.2, 0) is 14.4 Å². The van der Waals surface area contributed by atoms with Crippen molar-refractivity contribution in [2.75, 3.05) is 19.0 Å². The molecule has 0 saturated heterocycles. The Balaban J connectivity index is 1.37. The number of ether oxygens (including phenoxy) is 1. The summed E-state index contributed by atoms with van der Waals surface area (Å²) in [4.78, 5) is 40.5. The van der Waals surface area contributed by atoms with Gasteiger partial charge in [-0.3, -0.25) is 14.4 Å². The Morgan fingerprint density at radius 1 is 0.943 bits per heavy atom. The predicted octanol–water partition coefficient (Wildman–Crippen LogP) is 5.40. The van der Waals surface area contributed by atoms with Crippen molar-refractivity contribution in [2.24, 2.45) is 0 Å². The normalized spacial score (nSPS) is 18.4. The number of rotatable bonds is 5. The number of nitrogens with zero attached hydrogens (tertiary/aromatic N) is 1. The average molecular weight is 491 g/mol. The van der Waals surface area contributed by atoms with Gasteiger partial charge in [0.2, 0.25) is 0 Å². The van der Waals surface area contributed by atoms with Gasteiger partial charge in [0.05, 0.1) is 10.7 Å². The van der Waals surface area contributed by atoms with Crippen LogP contribution in [0.15, 0.2) is 71.1 Å². The Morgan fingerprint density at radius 3 is 2.14 bits per heavy atom. The van der Waals surface area contributed by atoms with E-state index in [-0.39, 0.29) is 30.0 Å². The van der Waals surface area contributed by atoms with Crippen LogP contribution in [-0.4, -0.2) is 36.0 Å². The summed E-state index contributed by atoms with van der Waals surface area (Å²) in [5.41, 5.74) is 5.06. The Bertz CT molecular complexity index is 1220. The summed E-state index contributed by atoms with van der Waals surface area (Å²) in [5, 5.41) is 3.19. The van der Waals surface area contributed by atoms with Crippen LogP contribution >= 0.6 is 11.6 Å². The van der Waals surface area contributed by atoms with E-state index in [0.29, 0.717) is 29.3 Å². The molecule has 0 aromatic heterocycles. The van der Waals surface area contributed by atoms with E-state index >= 15 is 0 Å². The zero-order chi connectivity index (χ0) is 24.5. The van der Waals surface area contributed by atoms with Crippen molar-refractivity contribution in [1.29, 1.82) is 0 Å². The lowest BCUT2D eigenvalue weighted by atomic mass is 9.71. The van der Waals surface area contributed by atoms with Crippen LogP contribution < -0.4 is 10.1 Å². The Kier molecular flexibility index (Phi) is 6.48. The van der Waals surface area contributed by atoms with E-state index in [0.717, 1.165) is 53.8 Å². The quantitative estimate of drug-likeness (QED) is 0.607. The van der Waals surface area contributed by atoms with E-state index in [9.17, 15) is 14.4 Å². The average Bonchev–Trinajstić information content (AvgIpc) is 2.86. The number of Topliss-reactive ketones (excluding diaryl/α,β-unsaturated/α-hetero) is 2. The van der Waals surface area contributed by atoms with Crippen LogP contribution in [0.25, 0.3) is 0 Å². The first-order chi connectivity index (χ1) is 16.9. The number of carbonyl (C=O) groups excluding carboxylic acids is 3. The molecule has 7 heteroatoms. The molecule has 0 spiro atoms. The number of carbonyl (C=O) groups is 3. The van der Waals surface area contributed by atoms with E-state index in [1.807, 2.05) is 19.2 Å². The molecular weight excluding hydrogens is 464 g/mol. The number of amides is 1. The summed E-state index contributed by atoms with van der Waals surface area (Å²) in [5.74, 6) is 0.135. The lowest BCUT2D eigenvalue weighted by Crippen LogP contribution is -2.37. The molecule has 35 heavy (non-hydrogen) atoms. The molecule has 6 nitrogen and oxygen atoms in total. The summed E-state index contributed by atoms with van der Waals surface area (Å²) in [7, 11) is 1.99. The molecule has 0 atom stereocenters. The first-order valence-corrected chi connectivity index (χ1v) is 12.3. The van der Waals surface area contributed by atoms with Gasteiger partial charge in [0.15, 0.2) is 18.2 Å². The fourth-order valence-electron chi connectivity index (χ4n) is 5.34. The van der Waals surface area contributed by atoms with Crippen molar-refractivity contribution in [1.82, 2.24) is 4.90 Å². The number of benzene rings is 2. The molecule has 2 aromatic rings. The molecule has 2 aliphatic carbocycles. The van der Waals surface area contributed by atoms with Crippen LogP contribution in [0.4, 0.5) is 5.69 Å². The van der Waals surface area contributed by atoms with Crippen molar-refractivity contribution in [2.45, 2.75) is 44.4 Å². The maximum Gasteiger partial charge on any atom is 0.262 e. The Morgan fingerprint density at radius 2 is 1.54 bits per heavy atom. The van der Waals surface area contributed by atoms with Crippen LogP contribution in [0, 0.1) is 0 Å². The van der Waals surface area contributed by atoms with Gasteiger partial charge in [0.1, 0.15) is 5.75 Å². The molecule has 0 bridgehead atoms. The SMILES string of the molecule is CN1C2=C(C(=O)CCC2)C(c2ccc(OCC(=O)Nc3ccccc3Cl)cc2)C2=C1CCCC2=O. The van der Waals surface area contributed by atoms with Crippen LogP contribution in [0.3, 0.4) is 0 Å². The number of hydrogen-bond acceptors (Lipinski definition) is 5. The highest BCUT2D eigenvalue weighted by Gasteiger charge is 2.42. The van der Waals surface area contributed by atoms with Crippen molar-refractivity contribution in [3.05, 3.63) is 81.7 Å². The molecule has 1 heterocycles. The summed E-state index contributed by atoms with van der Waals surface area (Å²) in [6.07, 6.45) is 4.41. The van der Waals surface area contributed by atoms with Crippen LogP contribution in [0.1, 0.15) is 50.0 Å². The largest absolute Gasteiger partial charge is 0.484 e. The van der Waals surface area contributed by atoms with Gasteiger partial charge in [-0.05, 0) is 55.5 Å². The Hall–Kier alpha value is -3.38. The molecule has 0 fully saturated rings. The van der Waals surface area contributed by atoms with Gasteiger partial charge in [-0.15, -0.1) is 0 Å². The third-order valence-corrected chi connectivity index (χ3v) is 7.31. The highest BCUT2D eigenvalue weighted by Crippen LogP contribution is 2.48. The van der Waals surface area contributed by atoms with Crippen molar-refractivity contribution < 1.29 is 19.1 Å². The number of para-hydroxylation sites is 1. The predicted molar refractivity (Wildman–Crippen MR) is 134 cm³/mol. The smallest absolute Gasteiger partial charge is 0.262 e. The van der Waals surface area contributed by atoms with Crippen LogP contribution in [0.2, 0.25) is 5.02 Å². The topological polar surface area (TPSA) is 75.7 Å². The van der Waals surface area contributed by atoms with Gasteiger partial charge in [-0.1, -0.05) is 35.9 Å². The zero-order valence-corrected chi connectivity index (χ0v) is 20.4. The second kappa shape index (κ2) is 9.70. The van der Waals surface area contributed by atoms with E-state index < -0.39 is 0 Å².